The third-order valence-corrected chi connectivity index (χ3v) is 6.20. The topological polar surface area (TPSA) is 38.1 Å². The molecule has 1 amide bonds. The zero-order valence-corrected chi connectivity index (χ0v) is 18.5. The van der Waals surface area contributed by atoms with Crippen LogP contribution in [0.2, 0.25) is 0 Å². The molecule has 4 rings (SSSR count). The number of para-hydroxylation sites is 2. The van der Waals surface area contributed by atoms with Gasteiger partial charge in [0.2, 0.25) is 5.91 Å². The Kier molecular flexibility index (Phi) is 6.21. The van der Waals surface area contributed by atoms with Gasteiger partial charge in [0.05, 0.1) is 11.0 Å². The van der Waals surface area contributed by atoms with Crippen LogP contribution in [0.1, 0.15) is 62.9 Å². The lowest BCUT2D eigenvalue weighted by molar-refractivity contribution is -0.132. The molecule has 0 saturated carbocycles. The minimum absolute atomic E-state index is 0.125. The second-order valence-corrected chi connectivity index (χ2v) is 9.05. The highest BCUT2D eigenvalue weighted by Crippen LogP contribution is 2.28. The molecule has 0 aliphatic carbocycles. The highest BCUT2D eigenvalue weighted by molar-refractivity contribution is 5.81. The van der Waals surface area contributed by atoms with E-state index in [9.17, 15) is 4.79 Å². The van der Waals surface area contributed by atoms with Crippen LogP contribution in [0.3, 0.4) is 0 Å². The maximum Gasteiger partial charge on any atom is 0.242 e. The van der Waals surface area contributed by atoms with E-state index in [4.69, 9.17) is 4.98 Å². The lowest BCUT2D eigenvalue weighted by atomic mass is 9.96. The first kappa shape index (κ1) is 20.6. The van der Waals surface area contributed by atoms with E-state index in [1.807, 2.05) is 23.1 Å². The number of rotatable bonds is 6. The molecule has 0 spiro atoms. The predicted molar refractivity (Wildman–Crippen MR) is 123 cm³/mol. The van der Waals surface area contributed by atoms with Crippen molar-refractivity contribution in [2.45, 2.75) is 58.9 Å². The third-order valence-electron chi connectivity index (χ3n) is 6.20. The van der Waals surface area contributed by atoms with Gasteiger partial charge in [-0.25, -0.2) is 4.98 Å². The van der Waals surface area contributed by atoms with Gasteiger partial charge in [-0.15, -0.1) is 0 Å². The van der Waals surface area contributed by atoms with Gasteiger partial charge in [-0.2, -0.15) is 0 Å². The number of likely N-dealkylation sites (tertiary alicyclic amines) is 1. The third kappa shape index (κ3) is 4.43. The molecular formula is C26H33N3O. The van der Waals surface area contributed by atoms with E-state index in [1.54, 1.807) is 0 Å². The molecule has 3 aromatic rings. The standard InChI is InChI=1S/C26H33N3O/c1-19(2)17-21-11-13-22(14-12-21)20(3)26-27-23-9-5-6-10-24(23)29(26)18-25(30)28-15-7-4-8-16-28/h5-6,9-14,19-20H,4,7-8,15-18H2,1-3H3. The Hall–Kier alpha value is -2.62. The van der Waals surface area contributed by atoms with E-state index < -0.39 is 0 Å². The number of imidazole rings is 1. The molecule has 0 radical (unpaired) electrons. The molecule has 1 aliphatic rings. The summed E-state index contributed by atoms with van der Waals surface area (Å²) in [5.74, 6) is 1.95. The SMILES string of the molecule is CC(C)Cc1ccc(C(C)c2nc3ccccc3n2CC(=O)N2CCCCC2)cc1. The quantitative estimate of drug-likeness (QED) is 0.553. The van der Waals surface area contributed by atoms with Gasteiger partial charge in [0.25, 0.3) is 0 Å². The number of hydrogen-bond acceptors (Lipinski definition) is 2. The van der Waals surface area contributed by atoms with Crippen LogP contribution in [0.15, 0.2) is 48.5 Å². The van der Waals surface area contributed by atoms with Crippen molar-refractivity contribution < 1.29 is 4.79 Å². The summed E-state index contributed by atoms with van der Waals surface area (Å²) in [4.78, 5) is 20.0. The van der Waals surface area contributed by atoms with Crippen LogP contribution >= 0.6 is 0 Å². The molecule has 1 aromatic heterocycles. The van der Waals surface area contributed by atoms with Crippen molar-refractivity contribution in [3.8, 4) is 0 Å². The molecule has 158 valence electrons. The Bertz CT molecular complexity index is 997. The number of piperidine rings is 1. The van der Waals surface area contributed by atoms with Gasteiger partial charge in [-0.05, 0) is 54.9 Å². The first-order chi connectivity index (χ1) is 14.5. The van der Waals surface area contributed by atoms with Crippen molar-refractivity contribution in [2.24, 2.45) is 5.92 Å². The number of hydrogen-bond donors (Lipinski definition) is 0. The minimum atomic E-state index is 0.125. The zero-order chi connectivity index (χ0) is 21.1. The van der Waals surface area contributed by atoms with Gasteiger partial charge >= 0.3 is 0 Å². The molecule has 1 atom stereocenters. The molecule has 4 nitrogen and oxygen atoms in total. The summed E-state index contributed by atoms with van der Waals surface area (Å²) in [7, 11) is 0. The van der Waals surface area contributed by atoms with Gasteiger partial charge < -0.3 is 9.47 Å². The van der Waals surface area contributed by atoms with Crippen LogP contribution < -0.4 is 0 Å². The number of fused-ring (bicyclic) bond motifs is 1. The summed E-state index contributed by atoms with van der Waals surface area (Å²) in [5.41, 5.74) is 4.61. The van der Waals surface area contributed by atoms with Crippen molar-refractivity contribution in [1.82, 2.24) is 14.5 Å². The summed E-state index contributed by atoms with van der Waals surface area (Å²) in [5, 5.41) is 0. The Balaban J connectivity index is 1.64. The Morgan fingerprint density at radius 3 is 2.37 bits per heavy atom. The molecule has 30 heavy (non-hydrogen) atoms. The van der Waals surface area contributed by atoms with Crippen LogP contribution in [-0.2, 0) is 17.8 Å². The molecule has 4 heteroatoms. The van der Waals surface area contributed by atoms with Crippen molar-refractivity contribution in [2.75, 3.05) is 13.1 Å². The molecule has 1 unspecified atom stereocenters. The van der Waals surface area contributed by atoms with E-state index >= 15 is 0 Å². The fraction of sp³-hybridized carbons (Fsp3) is 0.462. The fourth-order valence-corrected chi connectivity index (χ4v) is 4.53. The maximum absolute atomic E-state index is 13.0. The summed E-state index contributed by atoms with van der Waals surface area (Å²) in [6, 6.07) is 17.1. The number of amides is 1. The van der Waals surface area contributed by atoms with E-state index in [0.29, 0.717) is 12.5 Å². The molecule has 2 heterocycles. The predicted octanol–water partition coefficient (Wildman–Crippen LogP) is 5.40. The van der Waals surface area contributed by atoms with E-state index in [0.717, 1.165) is 49.2 Å². The van der Waals surface area contributed by atoms with E-state index in [1.165, 1.54) is 17.5 Å². The van der Waals surface area contributed by atoms with Gasteiger partial charge in [-0.3, -0.25) is 4.79 Å². The zero-order valence-electron chi connectivity index (χ0n) is 18.5. The second kappa shape index (κ2) is 9.03. The number of benzene rings is 2. The Morgan fingerprint density at radius 1 is 0.967 bits per heavy atom. The summed E-state index contributed by atoms with van der Waals surface area (Å²) < 4.78 is 2.14. The Labute approximate surface area is 179 Å². The normalized spacial score (nSPS) is 15.7. The molecule has 1 saturated heterocycles. The monoisotopic (exact) mass is 403 g/mol. The highest BCUT2D eigenvalue weighted by Gasteiger charge is 2.23. The average molecular weight is 404 g/mol. The number of aromatic nitrogens is 2. The van der Waals surface area contributed by atoms with Crippen molar-refractivity contribution in [3.63, 3.8) is 0 Å². The molecule has 1 aliphatic heterocycles. The van der Waals surface area contributed by atoms with Gasteiger partial charge in [0.15, 0.2) is 0 Å². The first-order valence-electron chi connectivity index (χ1n) is 11.3. The number of carbonyl (C=O) groups is 1. The second-order valence-electron chi connectivity index (χ2n) is 9.05. The van der Waals surface area contributed by atoms with Crippen molar-refractivity contribution >= 4 is 16.9 Å². The van der Waals surface area contributed by atoms with Crippen LogP contribution in [-0.4, -0.2) is 33.4 Å². The van der Waals surface area contributed by atoms with E-state index in [2.05, 4.69) is 55.7 Å². The van der Waals surface area contributed by atoms with Gasteiger partial charge in [0.1, 0.15) is 12.4 Å². The molecule has 1 fully saturated rings. The van der Waals surface area contributed by atoms with Crippen molar-refractivity contribution in [1.29, 1.82) is 0 Å². The number of nitrogens with zero attached hydrogens (tertiary/aromatic N) is 3. The minimum Gasteiger partial charge on any atom is -0.341 e. The molecule has 0 bridgehead atoms. The molecular weight excluding hydrogens is 370 g/mol. The fourth-order valence-electron chi connectivity index (χ4n) is 4.53. The van der Waals surface area contributed by atoms with Gasteiger partial charge in [-0.1, -0.05) is 57.2 Å². The maximum atomic E-state index is 13.0. The first-order valence-corrected chi connectivity index (χ1v) is 11.3. The highest BCUT2D eigenvalue weighted by atomic mass is 16.2. The van der Waals surface area contributed by atoms with Crippen LogP contribution in [0.4, 0.5) is 0 Å². The summed E-state index contributed by atoms with van der Waals surface area (Å²) in [6.07, 6.45) is 4.55. The smallest absolute Gasteiger partial charge is 0.242 e. The molecule has 2 aromatic carbocycles. The van der Waals surface area contributed by atoms with Gasteiger partial charge in [0, 0.05) is 19.0 Å². The molecule has 0 N–H and O–H groups in total. The lowest BCUT2D eigenvalue weighted by Crippen LogP contribution is -2.38. The van der Waals surface area contributed by atoms with E-state index in [-0.39, 0.29) is 11.8 Å². The van der Waals surface area contributed by atoms with Crippen molar-refractivity contribution in [3.05, 3.63) is 65.5 Å². The summed E-state index contributed by atoms with van der Waals surface area (Å²) >= 11 is 0. The lowest BCUT2D eigenvalue weighted by Gasteiger charge is -2.27. The summed E-state index contributed by atoms with van der Waals surface area (Å²) in [6.45, 7) is 8.82. The van der Waals surface area contributed by atoms with Crippen LogP contribution in [0.5, 0.6) is 0 Å². The number of carbonyl (C=O) groups excluding carboxylic acids is 1. The van der Waals surface area contributed by atoms with Crippen LogP contribution in [0.25, 0.3) is 11.0 Å². The van der Waals surface area contributed by atoms with Crippen LogP contribution in [0, 0.1) is 5.92 Å². The Morgan fingerprint density at radius 2 is 1.67 bits per heavy atom. The largest absolute Gasteiger partial charge is 0.341 e. The average Bonchev–Trinajstić information content (AvgIpc) is 3.12.